The third-order valence-electron chi connectivity index (χ3n) is 11.8. The second kappa shape index (κ2) is 21.5. The highest BCUT2D eigenvalue weighted by Crippen LogP contribution is 2.44. The average Bonchev–Trinajstić information content (AvgIpc) is 3.33. The van der Waals surface area contributed by atoms with Crippen molar-refractivity contribution in [3.05, 3.63) is 65.7 Å². The number of esters is 1. The van der Waals surface area contributed by atoms with Crippen LogP contribution in [0.1, 0.15) is 18.1 Å². The number of phenolic OH excluding ortho intramolecular Hbond substituents is 4. The second-order valence-electron chi connectivity index (χ2n) is 16.3. The fourth-order valence-corrected chi connectivity index (χ4v) is 7.93. The third-order valence-corrected chi connectivity index (χ3v) is 11.8. The molecule has 0 unspecified atom stereocenters. The molecule has 4 aromatic rings. The van der Waals surface area contributed by atoms with Crippen LogP contribution in [0.15, 0.2) is 59.0 Å². The van der Waals surface area contributed by atoms with E-state index in [1.54, 1.807) is 13.0 Å². The van der Waals surface area contributed by atoms with Crippen molar-refractivity contribution in [3.8, 4) is 51.6 Å². The molecule has 7 rings (SSSR count). The van der Waals surface area contributed by atoms with Crippen LogP contribution in [0.3, 0.4) is 0 Å². The van der Waals surface area contributed by atoms with E-state index < -0.39 is 141 Å². The predicted molar refractivity (Wildman–Crippen MR) is 229 cm³/mol. The molecule has 24 heteroatoms. The Balaban J connectivity index is 1.26. The van der Waals surface area contributed by atoms with Crippen LogP contribution in [0.25, 0.3) is 28.4 Å². The average molecular weight is 978 g/mol. The maximum absolute atomic E-state index is 13.3. The van der Waals surface area contributed by atoms with E-state index in [1.807, 2.05) is 0 Å². The van der Waals surface area contributed by atoms with Gasteiger partial charge in [0.15, 0.2) is 41.5 Å². The highest BCUT2D eigenvalue weighted by Gasteiger charge is 2.53. The van der Waals surface area contributed by atoms with Gasteiger partial charge in [0.2, 0.25) is 18.3 Å². The minimum absolute atomic E-state index is 0.00952. The Labute approximate surface area is 390 Å². The number of aliphatic hydroxyl groups is 10. The number of ether oxygens (including phenoxy) is 8. The van der Waals surface area contributed by atoms with Crippen LogP contribution in [0, 0.1) is 0 Å². The molecule has 0 bridgehead atoms. The predicted octanol–water partition coefficient (Wildman–Crippen LogP) is -1.78. The van der Waals surface area contributed by atoms with Crippen LogP contribution in [0.4, 0.5) is 0 Å². The van der Waals surface area contributed by atoms with Crippen molar-refractivity contribution in [2.75, 3.05) is 26.9 Å². The van der Waals surface area contributed by atoms with Crippen LogP contribution < -0.4 is 14.2 Å². The summed E-state index contributed by atoms with van der Waals surface area (Å²) in [6.07, 6.45) is -25.0. The van der Waals surface area contributed by atoms with E-state index >= 15 is 0 Å². The SMILES string of the molecule is CCc1cc(/C=C/C(=O)O[C@H]2[C@H](O[C@H]3[C@H](Oc4cc5c(O[C@@H]6O[C@H](CO)[C@@H](O)[C@H](O)[C@H]6O)cc(O)cc5[o+]c4-c4ccc(O)c(O)c4)O[C@H](CO)[C@@H](O)[C@@H]3O)O[C@H](CO)[C@@H](O)[C@@H]2O)cc(OC)c1O. The first-order valence-electron chi connectivity index (χ1n) is 21.4. The van der Waals surface area contributed by atoms with Crippen molar-refractivity contribution >= 4 is 23.0 Å². The standard InChI is InChI=1S/C45H52O24/c1-3-18-8-17(9-26(61-2)32(18)53)4-7-31(52)68-41-37(58)34(55)30(16-48)67-45(41)69-42-38(59)35(56)29(15-47)66-44(42)64-27-13-21-24(62-40(27)19-5-6-22(50)23(51)10-19)11-20(49)12-25(21)63-43-39(60)36(57)33(54)28(14-46)65-43/h4-13,28-30,33-39,41-48,54-60H,3,14-16H2,1-2H3,(H3-,49,50,51,52,53)/p+1/t28-,29-,30-,33-,34-,35-,36+,37+,38+,39-,41-,42-,43-,44-,45+/m1/s1. The fraction of sp³-hybridized carbons (Fsp3) is 0.467. The number of aryl methyl sites for hydroxylation is 1. The van der Waals surface area contributed by atoms with Gasteiger partial charge in [-0.05, 0) is 47.9 Å². The lowest BCUT2D eigenvalue weighted by Crippen LogP contribution is -2.65. The first-order valence-corrected chi connectivity index (χ1v) is 21.4. The lowest BCUT2D eigenvalue weighted by molar-refractivity contribution is -0.358. The van der Waals surface area contributed by atoms with Gasteiger partial charge in [-0.25, -0.2) is 9.21 Å². The summed E-state index contributed by atoms with van der Waals surface area (Å²) in [6.45, 7) is -0.849. The van der Waals surface area contributed by atoms with Crippen molar-refractivity contribution in [3.63, 3.8) is 0 Å². The molecule has 0 amide bonds. The van der Waals surface area contributed by atoms with Gasteiger partial charge in [-0.15, -0.1) is 0 Å². The van der Waals surface area contributed by atoms with Gasteiger partial charge in [-0.1, -0.05) is 6.92 Å². The summed E-state index contributed by atoms with van der Waals surface area (Å²) in [5.74, 6) is -3.78. The summed E-state index contributed by atoms with van der Waals surface area (Å²) in [7, 11) is 1.34. The molecule has 4 heterocycles. The summed E-state index contributed by atoms with van der Waals surface area (Å²) in [5.41, 5.74) is 0.698. The van der Waals surface area contributed by atoms with E-state index in [9.17, 15) is 76.3 Å². The van der Waals surface area contributed by atoms with Crippen LogP contribution in [0.2, 0.25) is 0 Å². The van der Waals surface area contributed by atoms with Gasteiger partial charge in [0, 0.05) is 24.3 Å². The number of fused-ring (bicyclic) bond motifs is 1. The molecule has 376 valence electrons. The van der Waals surface area contributed by atoms with Crippen molar-refractivity contribution < 1.29 is 119 Å². The topological polar surface area (TPSA) is 385 Å². The van der Waals surface area contributed by atoms with Gasteiger partial charge in [-0.2, -0.15) is 0 Å². The van der Waals surface area contributed by atoms with E-state index in [0.717, 1.165) is 30.3 Å². The minimum atomic E-state index is -2.07. The first kappa shape index (κ1) is 51.2. The molecule has 0 aliphatic carbocycles. The molecule has 0 spiro atoms. The van der Waals surface area contributed by atoms with Crippen molar-refractivity contribution in [2.45, 2.75) is 105 Å². The van der Waals surface area contributed by atoms with Gasteiger partial charge in [0.05, 0.1) is 38.6 Å². The molecular formula is C45H53O24+. The van der Waals surface area contributed by atoms with Crippen LogP contribution in [-0.2, 0) is 34.9 Å². The Kier molecular flexibility index (Phi) is 16.0. The van der Waals surface area contributed by atoms with E-state index in [0.29, 0.717) is 17.5 Å². The first-order chi connectivity index (χ1) is 32.9. The Bertz CT molecular complexity index is 2440. The third kappa shape index (κ3) is 10.6. The maximum Gasteiger partial charge on any atom is 0.402 e. The quantitative estimate of drug-likeness (QED) is 0.0271. The molecule has 3 saturated heterocycles. The van der Waals surface area contributed by atoms with Gasteiger partial charge >= 0.3 is 17.3 Å². The van der Waals surface area contributed by atoms with Crippen molar-refractivity contribution in [1.29, 1.82) is 0 Å². The van der Waals surface area contributed by atoms with Crippen molar-refractivity contribution in [1.82, 2.24) is 0 Å². The summed E-state index contributed by atoms with van der Waals surface area (Å²) in [5, 5.41) is 148. The van der Waals surface area contributed by atoms with Gasteiger partial charge in [0.25, 0.3) is 0 Å². The molecule has 3 aromatic carbocycles. The number of hydrogen-bond donors (Lipinski definition) is 14. The molecule has 0 radical (unpaired) electrons. The van der Waals surface area contributed by atoms with Crippen molar-refractivity contribution in [2.24, 2.45) is 0 Å². The Morgan fingerprint density at radius 1 is 0.652 bits per heavy atom. The van der Waals surface area contributed by atoms with Gasteiger partial charge in [-0.3, -0.25) is 0 Å². The molecule has 69 heavy (non-hydrogen) atoms. The number of aliphatic hydroxyl groups excluding tert-OH is 10. The summed E-state index contributed by atoms with van der Waals surface area (Å²) in [6, 6.07) is 9.79. The number of aromatic hydroxyl groups is 4. The van der Waals surface area contributed by atoms with Crippen LogP contribution >= 0.6 is 0 Å². The highest BCUT2D eigenvalue weighted by atomic mass is 16.8. The molecule has 3 aliphatic heterocycles. The van der Waals surface area contributed by atoms with E-state index in [1.165, 1.54) is 31.4 Å². The number of benzene rings is 3. The molecule has 0 saturated carbocycles. The molecule has 24 nitrogen and oxygen atoms in total. The summed E-state index contributed by atoms with van der Waals surface area (Å²) in [4.78, 5) is 13.3. The van der Waals surface area contributed by atoms with E-state index in [2.05, 4.69) is 0 Å². The molecule has 15 atom stereocenters. The molecule has 3 aliphatic rings. The number of methoxy groups -OCH3 is 1. The Hall–Kier alpha value is -5.68. The number of carbonyl (C=O) groups excluding carboxylic acids is 1. The molecule has 3 fully saturated rings. The van der Waals surface area contributed by atoms with Crippen LogP contribution in [0.5, 0.6) is 40.2 Å². The number of rotatable bonds is 15. The largest absolute Gasteiger partial charge is 0.507 e. The number of phenols is 4. The van der Waals surface area contributed by atoms with Gasteiger partial charge < -0.3 is 109 Å². The lowest BCUT2D eigenvalue weighted by atomic mass is 9.97. The molecular weight excluding hydrogens is 924 g/mol. The molecule has 14 N–H and O–H groups in total. The molecule has 1 aromatic heterocycles. The number of hydrogen-bond acceptors (Lipinski definition) is 23. The highest BCUT2D eigenvalue weighted by molar-refractivity contribution is 5.89. The number of carbonyl (C=O) groups is 1. The van der Waals surface area contributed by atoms with E-state index in [-0.39, 0.29) is 39.5 Å². The zero-order valence-electron chi connectivity index (χ0n) is 36.6. The van der Waals surface area contributed by atoms with Crippen LogP contribution in [-0.4, -0.2) is 197 Å². The normalized spacial score (nSPS) is 31.7. The fourth-order valence-electron chi connectivity index (χ4n) is 7.93. The monoisotopic (exact) mass is 977 g/mol. The zero-order chi connectivity index (χ0) is 50.0. The Morgan fingerprint density at radius 3 is 1.88 bits per heavy atom. The minimum Gasteiger partial charge on any atom is -0.507 e. The Morgan fingerprint density at radius 2 is 1.26 bits per heavy atom. The van der Waals surface area contributed by atoms with E-state index in [4.69, 9.17) is 42.3 Å². The smallest absolute Gasteiger partial charge is 0.402 e. The summed E-state index contributed by atoms with van der Waals surface area (Å²) < 4.78 is 52.3. The lowest BCUT2D eigenvalue weighted by Gasteiger charge is -2.46. The van der Waals surface area contributed by atoms with Gasteiger partial charge in [0.1, 0.15) is 77.9 Å². The maximum atomic E-state index is 13.3. The zero-order valence-corrected chi connectivity index (χ0v) is 36.6. The second-order valence-corrected chi connectivity index (χ2v) is 16.3. The summed E-state index contributed by atoms with van der Waals surface area (Å²) >= 11 is 0.